The summed E-state index contributed by atoms with van der Waals surface area (Å²) in [5.74, 6) is -0.404. The summed E-state index contributed by atoms with van der Waals surface area (Å²) in [6.45, 7) is 1.33. The highest BCUT2D eigenvalue weighted by molar-refractivity contribution is 6.10. The first-order chi connectivity index (χ1) is 17.1. The van der Waals surface area contributed by atoms with Crippen molar-refractivity contribution in [2.45, 2.75) is 18.6 Å². The van der Waals surface area contributed by atoms with E-state index in [1.165, 1.54) is 12.1 Å². The van der Waals surface area contributed by atoms with Gasteiger partial charge in [-0.25, -0.2) is 0 Å². The third kappa shape index (κ3) is 3.99. The fourth-order valence-electron chi connectivity index (χ4n) is 4.29. The highest BCUT2D eigenvalue weighted by Crippen LogP contribution is 2.34. The third-order valence-electron chi connectivity index (χ3n) is 6.20. The molecule has 0 aliphatic carbocycles. The van der Waals surface area contributed by atoms with Crippen LogP contribution in [0.25, 0.3) is 27.6 Å². The van der Waals surface area contributed by atoms with Gasteiger partial charge in [-0.15, -0.1) is 0 Å². The van der Waals surface area contributed by atoms with Gasteiger partial charge in [-0.3, -0.25) is 19.0 Å². The minimum Gasteiger partial charge on any atom is -0.394 e. The lowest BCUT2D eigenvalue weighted by Crippen LogP contribution is -2.46. The van der Waals surface area contributed by atoms with Crippen molar-refractivity contribution in [1.29, 1.82) is 0 Å². The molecule has 7 nitrogen and oxygen atoms in total. The smallest absolute Gasteiger partial charge is 0.394 e. The monoisotopic (exact) mass is 493 g/mol. The normalized spacial score (nSPS) is 13.7. The summed E-state index contributed by atoms with van der Waals surface area (Å²) < 4.78 is 42.6. The Bertz CT molecular complexity index is 1570. The minimum absolute atomic E-state index is 0.352. The van der Waals surface area contributed by atoms with Crippen LogP contribution in [-0.2, 0) is 18.8 Å². The first kappa shape index (κ1) is 23.6. The van der Waals surface area contributed by atoms with Gasteiger partial charge in [-0.05, 0) is 61.5 Å². The molecule has 0 bridgehead atoms. The van der Waals surface area contributed by atoms with Gasteiger partial charge in [0.15, 0.2) is 5.65 Å². The van der Waals surface area contributed by atoms with Gasteiger partial charge in [0.05, 0.1) is 23.4 Å². The molecule has 2 N–H and O–H groups in total. The molecule has 2 aromatic carbocycles. The fraction of sp³-hybridized carbons (Fsp3) is 0.192. The number of benzene rings is 2. The molecule has 1 amide bonds. The summed E-state index contributed by atoms with van der Waals surface area (Å²) >= 11 is 0. The molecule has 0 aliphatic rings. The summed E-state index contributed by atoms with van der Waals surface area (Å²) in [5.41, 5.74) is 0.806. The molecular formula is C26H22F3N5O2. The Morgan fingerprint density at radius 1 is 1.06 bits per heavy atom. The van der Waals surface area contributed by atoms with Crippen LogP contribution in [0.5, 0.6) is 0 Å². The summed E-state index contributed by atoms with van der Waals surface area (Å²) in [4.78, 5) is 17.5. The first-order valence-electron chi connectivity index (χ1n) is 11.1. The molecule has 10 heteroatoms. The van der Waals surface area contributed by atoms with E-state index in [9.17, 15) is 23.1 Å². The number of aryl methyl sites for hydroxylation is 1. The SMILES string of the molecule is Cn1cc2c3cc(C(=O)N[C@](C)(CO)c4ccccn4)ccc3n(-c3ccc(C(F)(F)F)cc3)c2n1. The van der Waals surface area contributed by atoms with E-state index >= 15 is 0 Å². The van der Waals surface area contributed by atoms with Crippen molar-refractivity contribution in [1.82, 2.24) is 24.6 Å². The zero-order valence-corrected chi connectivity index (χ0v) is 19.4. The maximum absolute atomic E-state index is 13.2. The lowest BCUT2D eigenvalue weighted by atomic mass is 9.97. The average Bonchev–Trinajstić information content (AvgIpc) is 3.38. The molecule has 0 fully saturated rings. The Balaban J connectivity index is 1.58. The van der Waals surface area contributed by atoms with Gasteiger partial charge < -0.3 is 10.4 Å². The van der Waals surface area contributed by atoms with Crippen LogP contribution in [0.3, 0.4) is 0 Å². The minimum atomic E-state index is -4.43. The molecule has 0 unspecified atom stereocenters. The van der Waals surface area contributed by atoms with Crippen LogP contribution in [0, 0.1) is 0 Å². The Kier molecular flexibility index (Phi) is 5.55. The van der Waals surface area contributed by atoms with Gasteiger partial charge in [-0.2, -0.15) is 18.3 Å². The molecular weight excluding hydrogens is 471 g/mol. The molecule has 5 aromatic rings. The van der Waals surface area contributed by atoms with Crippen LogP contribution in [0.15, 0.2) is 73.1 Å². The Morgan fingerprint density at radius 3 is 2.44 bits per heavy atom. The number of alkyl halides is 3. The summed E-state index contributed by atoms with van der Waals surface area (Å²) in [5, 5.41) is 18.8. The van der Waals surface area contributed by atoms with Gasteiger partial charge in [0.2, 0.25) is 0 Å². The molecule has 0 spiro atoms. The molecule has 36 heavy (non-hydrogen) atoms. The standard InChI is InChI=1S/C26H22F3N5O2/c1-25(15-35,22-5-3-4-12-30-22)31-24(36)16-6-11-21-19(13-16)20-14-33(2)32-23(20)34(21)18-9-7-17(8-10-18)26(27,28)29/h3-14,35H,15H2,1-2H3,(H,31,36)/t25-/m1/s1. The summed E-state index contributed by atoms with van der Waals surface area (Å²) in [6, 6.07) is 15.2. The molecule has 1 atom stereocenters. The number of carbonyl (C=O) groups excluding carboxylic acids is 1. The van der Waals surface area contributed by atoms with Crippen LogP contribution in [0.1, 0.15) is 28.5 Å². The van der Waals surface area contributed by atoms with Crippen LogP contribution in [0.4, 0.5) is 13.2 Å². The number of carbonyl (C=O) groups is 1. The number of hydrogen-bond donors (Lipinski definition) is 2. The molecule has 3 heterocycles. The number of nitrogens with zero attached hydrogens (tertiary/aromatic N) is 4. The number of nitrogens with one attached hydrogen (secondary N) is 1. The quantitative estimate of drug-likeness (QED) is 0.376. The predicted octanol–water partition coefficient (Wildman–Crippen LogP) is 4.57. The third-order valence-corrected chi connectivity index (χ3v) is 6.20. The van der Waals surface area contributed by atoms with E-state index < -0.39 is 23.2 Å². The van der Waals surface area contributed by atoms with Gasteiger partial charge >= 0.3 is 6.18 Å². The maximum atomic E-state index is 13.2. The Morgan fingerprint density at radius 2 is 1.81 bits per heavy atom. The van der Waals surface area contributed by atoms with E-state index in [-0.39, 0.29) is 6.61 Å². The largest absolute Gasteiger partial charge is 0.416 e. The zero-order valence-electron chi connectivity index (χ0n) is 19.4. The summed E-state index contributed by atoms with van der Waals surface area (Å²) in [7, 11) is 1.75. The number of aliphatic hydroxyl groups is 1. The molecule has 5 rings (SSSR count). The molecule has 3 aromatic heterocycles. The van der Waals surface area contributed by atoms with Gasteiger partial charge in [-0.1, -0.05) is 6.07 Å². The second-order valence-electron chi connectivity index (χ2n) is 8.81. The van der Waals surface area contributed by atoms with Crippen molar-refractivity contribution in [3.8, 4) is 5.69 Å². The van der Waals surface area contributed by atoms with Crippen LogP contribution in [0.2, 0.25) is 0 Å². The number of fused-ring (bicyclic) bond motifs is 3. The van der Waals surface area contributed by atoms with Crippen molar-refractivity contribution in [2.75, 3.05) is 6.61 Å². The molecule has 0 radical (unpaired) electrons. The van der Waals surface area contributed by atoms with Crippen LogP contribution >= 0.6 is 0 Å². The van der Waals surface area contributed by atoms with Crippen molar-refractivity contribution in [2.24, 2.45) is 7.05 Å². The summed E-state index contributed by atoms with van der Waals surface area (Å²) in [6.07, 6.45) is -1.05. The molecule has 0 saturated carbocycles. The average molecular weight is 493 g/mol. The lowest BCUT2D eigenvalue weighted by molar-refractivity contribution is -0.137. The fourth-order valence-corrected chi connectivity index (χ4v) is 4.29. The van der Waals surface area contributed by atoms with Gasteiger partial charge in [0.25, 0.3) is 5.91 Å². The number of hydrogen-bond acceptors (Lipinski definition) is 4. The predicted molar refractivity (Wildman–Crippen MR) is 129 cm³/mol. The Hall–Kier alpha value is -4.18. The maximum Gasteiger partial charge on any atom is 0.416 e. The van der Waals surface area contributed by atoms with Gasteiger partial charge in [0.1, 0.15) is 5.54 Å². The molecule has 0 saturated heterocycles. The van der Waals surface area contributed by atoms with Crippen molar-refractivity contribution < 1.29 is 23.1 Å². The van der Waals surface area contributed by atoms with Crippen LogP contribution in [-0.4, -0.2) is 37.0 Å². The van der Waals surface area contributed by atoms with Crippen LogP contribution < -0.4 is 5.32 Å². The van der Waals surface area contributed by atoms with E-state index in [1.807, 2.05) is 0 Å². The number of amides is 1. The Labute approximate surface area is 203 Å². The highest BCUT2D eigenvalue weighted by Gasteiger charge is 2.31. The second kappa shape index (κ2) is 8.49. The van der Waals surface area contributed by atoms with Crippen molar-refractivity contribution in [3.05, 3.63) is 89.9 Å². The first-order valence-corrected chi connectivity index (χ1v) is 11.1. The lowest BCUT2D eigenvalue weighted by Gasteiger charge is -2.28. The zero-order chi connectivity index (χ0) is 25.7. The number of rotatable bonds is 5. The van der Waals surface area contributed by atoms with E-state index in [4.69, 9.17) is 0 Å². The number of aromatic nitrogens is 4. The van der Waals surface area contributed by atoms with E-state index in [0.717, 1.165) is 17.5 Å². The highest BCUT2D eigenvalue weighted by atomic mass is 19.4. The van der Waals surface area contributed by atoms with Crippen molar-refractivity contribution in [3.63, 3.8) is 0 Å². The van der Waals surface area contributed by atoms with E-state index in [0.29, 0.717) is 33.5 Å². The van der Waals surface area contributed by atoms with Crippen molar-refractivity contribution >= 4 is 27.8 Å². The molecule has 184 valence electrons. The second-order valence-corrected chi connectivity index (χ2v) is 8.81. The van der Waals surface area contributed by atoms with Gasteiger partial charge in [0, 0.05) is 41.5 Å². The molecule has 0 aliphatic heterocycles. The topological polar surface area (TPSA) is 85.0 Å². The number of halogens is 3. The number of pyridine rings is 1. The van der Waals surface area contributed by atoms with E-state index in [1.54, 1.807) is 72.0 Å². The van der Waals surface area contributed by atoms with E-state index in [2.05, 4.69) is 15.4 Å². The number of aliphatic hydroxyl groups excluding tert-OH is 1.